The van der Waals surface area contributed by atoms with Gasteiger partial charge in [0.2, 0.25) is 0 Å². The molecule has 0 aliphatic rings. The first-order chi connectivity index (χ1) is 7.70. The van der Waals surface area contributed by atoms with Crippen molar-refractivity contribution < 1.29 is 0 Å². The van der Waals surface area contributed by atoms with E-state index in [0.717, 1.165) is 11.3 Å². The zero-order chi connectivity index (χ0) is 11.5. The maximum absolute atomic E-state index is 5.90. The number of hydrogen-bond donors (Lipinski definition) is 2. The summed E-state index contributed by atoms with van der Waals surface area (Å²) in [5.74, 6) is 5.49. The summed E-state index contributed by atoms with van der Waals surface area (Å²) in [5, 5.41) is 8.52. The summed E-state index contributed by atoms with van der Waals surface area (Å²) in [6.45, 7) is 1.84. The second-order valence-electron chi connectivity index (χ2n) is 3.22. The fourth-order valence-corrected chi connectivity index (χ4v) is 1.56. The summed E-state index contributed by atoms with van der Waals surface area (Å²) in [4.78, 5) is 4.14. The van der Waals surface area contributed by atoms with Crippen LogP contribution in [-0.2, 0) is 0 Å². The van der Waals surface area contributed by atoms with Gasteiger partial charge in [-0.2, -0.15) is 0 Å². The minimum Gasteiger partial charge on any atom is -0.291 e. The van der Waals surface area contributed by atoms with Crippen molar-refractivity contribution in [1.82, 2.24) is 15.2 Å². The summed E-state index contributed by atoms with van der Waals surface area (Å²) < 4.78 is 0. The lowest BCUT2D eigenvalue weighted by molar-refractivity contribution is 0.942. The SMILES string of the molecule is Cc1nc(NN)nnc1-c1cccc(Cl)c1. The molecular formula is C10H10ClN5. The van der Waals surface area contributed by atoms with E-state index in [1.54, 1.807) is 6.07 Å². The van der Waals surface area contributed by atoms with Gasteiger partial charge in [0.15, 0.2) is 0 Å². The number of nitrogens with one attached hydrogen (secondary N) is 1. The van der Waals surface area contributed by atoms with Gasteiger partial charge in [0, 0.05) is 10.6 Å². The van der Waals surface area contributed by atoms with Crippen molar-refractivity contribution in [2.24, 2.45) is 5.84 Å². The quantitative estimate of drug-likeness (QED) is 0.613. The maximum Gasteiger partial charge on any atom is 0.257 e. The standard InChI is InChI=1S/C10H10ClN5/c1-6-9(15-16-10(13-6)14-12)7-3-2-4-8(11)5-7/h2-5H,12H2,1H3,(H,13,14,16). The Morgan fingerprint density at radius 3 is 2.75 bits per heavy atom. The number of hydrogen-bond acceptors (Lipinski definition) is 5. The van der Waals surface area contributed by atoms with Gasteiger partial charge < -0.3 is 0 Å². The molecule has 3 N–H and O–H groups in total. The second-order valence-corrected chi connectivity index (χ2v) is 3.66. The number of aromatic nitrogens is 3. The van der Waals surface area contributed by atoms with Crippen LogP contribution in [-0.4, -0.2) is 15.2 Å². The summed E-state index contributed by atoms with van der Waals surface area (Å²) in [6.07, 6.45) is 0. The van der Waals surface area contributed by atoms with Crippen LogP contribution >= 0.6 is 11.6 Å². The molecule has 0 unspecified atom stereocenters. The Kier molecular flexibility index (Phi) is 2.98. The molecule has 0 fully saturated rings. The molecule has 0 saturated carbocycles. The van der Waals surface area contributed by atoms with Gasteiger partial charge in [-0.15, -0.1) is 10.2 Å². The Labute approximate surface area is 97.6 Å². The van der Waals surface area contributed by atoms with Crippen LogP contribution in [0.5, 0.6) is 0 Å². The fourth-order valence-electron chi connectivity index (χ4n) is 1.37. The Morgan fingerprint density at radius 1 is 1.31 bits per heavy atom. The first-order valence-electron chi connectivity index (χ1n) is 4.64. The van der Waals surface area contributed by atoms with Crippen molar-refractivity contribution in [3.63, 3.8) is 0 Å². The maximum atomic E-state index is 5.90. The molecule has 2 rings (SSSR count). The molecule has 0 spiro atoms. The van der Waals surface area contributed by atoms with Gasteiger partial charge in [0.05, 0.1) is 5.69 Å². The van der Waals surface area contributed by atoms with Gasteiger partial charge in [-0.3, -0.25) is 5.43 Å². The molecule has 82 valence electrons. The topological polar surface area (TPSA) is 76.7 Å². The highest BCUT2D eigenvalue weighted by molar-refractivity contribution is 6.30. The van der Waals surface area contributed by atoms with Gasteiger partial charge in [-0.1, -0.05) is 23.7 Å². The zero-order valence-corrected chi connectivity index (χ0v) is 9.36. The van der Waals surface area contributed by atoms with E-state index in [4.69, 9.17) is 17.4 Å². The average Bonchev–Trinajstić information content (AvgIpc) is 2.28. The van der Waals surface area contributed by atoms with Gasteiger partial charge in [-0.05, 0) is 19.1 Å². The summed E-state index contributed by atoms with van der Waals surface area (Å²) in [5.41, 5.74) is 4.67. The van der Waals surface area contributed by atoms with Gasteiger partial charge in [0.25, 0.3) is 5.95 Å². The number of rotatable bonds is 2. The van der Waals surface area contributed by atoms with Crippen molar-refractivity contribution >= 4 is 17.5 Å². The number of anilines is 1. The van der Waals surface area contributed by atoms with Crippen molar-refractivity contribution in [2.45, 2.75) is 6.92 Å². The Balaban J connectivity index is 2.48. The van der Waals surface area contributed by atoms with E-state index >= 15 is 0 Å². The van der Waals surface area contributed by atoms with Crippen LogP contribution < -0.4 is 11.3 Å². The molecule has 0 radical (unpaired) electrons. The largest absolute Gasteiger partial charge is 0.291 e. The van der Waals surface area contributed by atoms with Crippen LogP contribution in [0.25, 0.3) is 11.3 Å². The predicted molar refractivity (Wildman–Crippen MR) is 62.8 cm³/mol. The summed E-state index contributed by atoms with van der Waals surface area (Å²) >= 11 is 5.90. The molecule has 0 saturated heterocycles. The minimum absolute atomic E-state index is 0.295. The lowest BCUT2D eigenvalue weighted by Crippen LogP contribution is -2.12. The fraction of sp³-hybridized carbons (Fsp3) is 0.100. The van der Waals surface area contributed by atoms with E-state index in [-0.39, 0.29) is 0 Å². The second kappa shape index (κ2) is 4.42. The van der Waals surface area contributed by atoms with Crippen LogP contribution in [0, 0.1) is 6.92 Å². The normalized spacial score (nSPS) is 10.2. The molecule has 6 heteroatoms. The highest BCUT2D eigenvalue weighted by atomic mass is 35.5. The number of aryl methyl sites for hydroxylation is 1. The molecule has 0 amide bonds. The van der Waals surface area contributed by atoms with E-state index in [2.05, 4.69) is 20.6 Å². The monoisotopic (exact) mass is 235 g/mol. The van der Waals surface area contributed by atoms with Crippen molar-refractivity contribution in [1.29, 1.82) is 0 Å². The third kappa shape index (κ3) is 2.10. The van der Waals surface area contributed by atoms with Gasteiger partial charge in [-0.25, -0.2) is 10.8 Å². The van der Waals surface area contributed by atoms with E-state index in [1.807, 2.05) is 25.1 Å². The Morgan fingerprint density at radius 2 is 2.12 bits per heavy atom. The summed E-state index contributed by atoms with van der Waals surface area (Å²) in [7, 11) is 0. The predicted octanol–water partition coefficient (Wildman–Crippen LogP) is 1.79. The lowest BCUT2D eigenvalue weighted by Gasteiger charge is -2.05. The number of benzene rings is 1. The molecule has 2 aromatic rings. The highest BCUT2D eigenvalue weighted by Crippen LogP contribution is 2.22. The summed E-state index contributed by atoms with van der Waals surface area (Å²) in [6, 6.07) is 7.38. The molecule has 16 heavy (non-hydrogen) atoms. The Hall–Kier alpha value is -1.72. The van der Waals surface area contributed by atoms with Crippen LogP contribution in [0.3, 0.4) is 0 Å². The third-order valence-corrected chi connectivity index (χ3v) is 2.32. The van der Waals surface area contributed by atoms with Crippen LogP contribution in [0.15, 0.2) is 24.3 Å². The molecule has 0 bridgehead atoms. The first kappa shape index (κ1) is 10.8. The number of halogens is 1. The molecular weight excluding hydrogens is 226 g/mol. The molecule has 1 heterocycles. The van der Waals surface area contributed by atoms with Crippen LogP contribution in [0.1, 0.15) is 5.69 Å². The Bertz CT molecular complexity index is 514. The number of nitrogens with two attached hydrogens (primary N) is 1. The molecule has 0 atom stereocenters. The molecule has 1 aromatic carbocycles. The van der Waals surface area contributed by atoms with Gasteiger partial charge >= 0.3 is 0 Å². The smallest absolute Gasteiger partial charge is 0.257 e. The zero-order valence-electron chi connectivity index (χ0n) is 8.61. The number of nitrogens with zero attached hydrogens (tertiary/aromatic N) is 3. The van der Waals surface area contributed by atoms with Crippen molar-refractivity contribution in [2.75, 3.05) is 5.43 Å². The number of nitrogen functional groups attached to an aromatic ring is 1. The van der Waals surface area contributed by atoms with E-state index in [1.165, 1.54) is 0 Å². The van der Waals surface area contributed by atoms with Crippen molar-refractivity contribution in [3.8, 4) is 11.3 Å². The lowest BCUT2D eigenvalue weighted by atomic mass is 10.1. The molecule has 1 aromatic heterocycles. The number of hydrazine groups is 1. The highest BCUT2D eigenvalue weighted by Gasteiger charge is 2.07. The minimum atomic E-state index is 0.295. The van der Waals surface area contributed by atoms with Crippen LogP contribution in [0.4, 0.5) is 5.95 Å². The molecule has 0 aliphatic carbocycles. The van der Waals surface area contributed by atoms with E-state index in [0.29, 0.717) is 16.7 Å². The van der Waals surface area contributed by atoms with Crippen LogP contribution in [0.2, 0.25) is 5.02 Å². The van der Waals surface area contributed by atoms with Crippen molar-refractivity contribution in [3.05, 3.63) is 35.0 Å². The average molecular weight is 236 g/mol. The van der Waals surface area contributed by atoms with Gasteiger partial charge in [0.1, 0.15) is 5.69 Å². The molecule has 0 aliphatic heterocycles. The third-order valence-electron chi connectivity index (χ3n) is 2.09. The van der Waals surface area contributed by atoms with E-state index in [9.17, 15) is 0 Å². The van der Waals surface area contributed by atoms with E-state index < -0.39 is 0 Å². The molecule has 5 nitrogen and oxygen atoms in total. The first-order valence-corrected chi connectivity index (χ1v) is 5.02.